The Hall–Kier alpha value is -0.290. The van der Waals surface area contributed by atoms with Crippen LogP contribution < -0.4 is 5.73 Å². The summed E-state index contributed by atoms with van der Waals surface area (Å²) in [5.74, 6) is 0. The summed E-state index contributed by atoms with van der Waals surface area (Å²) in [4.78, 5) is 1.24. The van der Waals surface area contributed by atoms with Gasteiger partial charge >= 0.3 is 0 Å². The Bertz CT molecular complexity index is 466. The molecule has 0 spiro atoms. The third kappa shape index (κ3) is 2.88. The van der Waals surface area contributed by atoms with Crippen LogP contribution in [0.1, 0.15) is 18.5 Å². The number of halogens is 1. The van der Waals surface area contributed by atoms with Crippen LogP contribution in [0.25, 0.3) is 0 Å². The third-order valence-corrected chi connectivity index (χ3v) is 4.79. The van der Waals surface area contributed by atoms with Crippen LogP contribution in [0.4, 0.5) is 0 Å². The second-order valence-corrected chi connectivity index (χ2v) is 6.71. The lowest BCUT2D eigenvalue weighted by molar-refractivity contribution is 0.796. The lowest BCUT2D eigenvalue weighted by atomic mass is 10.1. The highest BCUT2D eigenvalue weighted by atomic mass is 79.9. The van der Waals surface area contributed by atoms with Gasteiger partial charge in [-0.05, 0) is 42.1 Å². The highest BCUT2D eigenvalue weighted by Gasteiger charge is 2.09. The van der Waals surface area contributed by atoms with Gasteiger partial charge in [0.05, 0.1) is 4.21 Å². The summed E-state index contributed by atoms with van der Waals surface area (Å²) in [6, 6.07) is 10.5. The first-order chi connectivity index (χ1) is 7.66. The van der Waals surface area contributed by atoms with Crippen LogP contribution in [0.15, 0.2) is 49.3 Å². The molecule has 1 unspecified atom stereocenters. The van der Waals surface area contributed by atoms with Crippen molar-refractivity contribution < 1.29 is 0 Å². The summed E-state index contributed by atoms with van der Waals surface area (Å²) in [7, 11) is 0. The van der Waals surface area contributed by atoms with Crippen LogP contribution in [0.3, 0.4) is 0 Å². The van der Waals surface area contributed by atoms with Gasteiger partial charge in [0.1, 0.15) is 0 Å². The lowest BCUT2D eigenvalue weighted by Gasteiger charge is -2.12. The number of nitrogens with two attached hydrogens (primary N) is 1. The van der Waals surface area contributed by atoms with E-state index < -0.39 is 0 Å². The van der Waals surface area contributed by atoms with E-state index in [1.165, 1.54) is 14.7 Å². The highest BCUT2D eigenvalue weighted by molar-refractivity contribution is 9.10. The fourth-order valence-corrected chi connectivity index (χ4v) is 3.72. The first-order valence-corrected chi connectivity index (χ1v) is 7.42. The van der Waals surface area contributed by atoms with E-state index in [-0.39, 0.29) is 6.04 Å². The van der Waals surface area contributed by atoms with Crippen LogP contribution in [-0.4, -0.2) is 0 Å². The fraction of sp³-hybridized carbons (Fsp3) is 0.167. The molecule has 84 valence electrons. The normalized spacial score (nSPS) is 12.7. The molecule has 1 aromatic heterocycles. The molecule has 4 heteroatoms. The van der Waals surface area contributed by atoms with Crippen molar-refractivity contribution in [2.24, 2.45) is 5.73 Å². The van der Waals surface area contributed by atoms with Gasteiger partial charge in [0.25, 0.3) is 0 Å². The minimum absolute atomic E-state index is 0.0555. The van der Waals surface area contributed by atoms with E-state index in [4.69, 9.17) is 5.73 Å². The van der Waals surface area contributed by atoms with Gasteiger partial charge in [-0.1, -0.05) is 33.8 Å². The molecule has 1 heterocycles. The maximum absolute atomic E-state index is 5.98. The first-order valence-electron chi connectivity index (χ1n) is 4.93. The Labute approximate surface area is 112 Å². The van der Waals surface area contributed by atoms with Crippen molar-refractivity contribution in [2.45, 2.75) is 22.1 Å². The molecule has 0 saturated carbocycles. The standard InChI is InChI=1S/C12H12BrNS2/c1-8(14)10-7-9(13)4-5-11(10)16-12-3-2-6-15-12/h2-8H,14H2,1H3. The Kier molecular flexibility index (Phi) is 4.08. The monoisotopic (exact) mass is 313 g/mol. The van der Waals surface area contributed by atoms with E-state index >= 15 is 0 Å². The molecule has 1 atom stereocenters. The largest absolute Gasteiger partial charge is 0.324 e. The number of hydrogen-bond donors (Lipinski definition) is 1. The zero-order chi connectivity index (χ0) is 11.5. The van der Waals surface area contributed by atoms with Crippen molar-refractivity contribution in [3.05, 3.63) is 45.7 Å². The topological polar surface area (TPSA) is 26.0 Å². The first kappa shape index (κ1) is 12.2. The smallest absolute Gasteiger partial charge is 0.0646 e. The molecule has 0 aliphatic rings. The quantitative estimate of drug-likeness (QED) is 0.890. The van der Waals surface area contributed by atoms with Gasteiger partial charge in [-0.15, -0.1) is 11.3 Å². The van der Waals surface area contributed by atoms with Gasteiger partial charge in [-0.25, -0.2) is 0 Å². The maximum atomic E-state index is 5.98. The molecular formula is C12H12BrNS2. The number of thiophene rings is 1. The van der Waals surface area contributed by atoms with Crippen LogP contribution in [0.5, 0.6) is 0 Å². The zero-order valence-corrected chi connectivity index (χ0v) is 12.0. The van der Waals surface area contributed by atoms with Crippen molar-refractivity contribution in [3.63, 3.8) is 0 Å². The van der Waals surface area contributed by atoms with E-state index in [1.54, 1.807) is 23.1 Å². The van der Waals surface area contributed by atoms with Crippen LogP contribution in [0.2, 0.25) is 0 Å². The van der Waals surface area contributed by atoms with Gasteiger partial charge in [-0.3, -0.25) is 0 Å². The maximum Gasteiger partial charge on any atom is 0.0646 e. The van der Waals surface area contributed by atoms with Crippen molar-refractivity contribution >= 4 is 39.0 Å². The molecule has 16 heavy (non-hydrogen) atoms. The van der Waals surface area contributed by atoms with Gasteiger partial charge in [0, 0.05) is 15.4 Å². The Morgan fingerprint density at radius 2 is 2.19 bits per heavy atom. The van der Waals surface area contributed by atoms with Gasteiger partial charge in [0.15, 0.2) is 0 Å². The molecule has 0 aliphatic heterocycles. The Morgan fingerprint density at radius 1 is 1.38 bits per heavy atom. The average Bonchev–Trinajstić information content (AvgIpc) is 2.73. The Morgan fingerprint density at radius 3 is 2.81 bits per heavy atom. The van der Waals surface area contributed by atoms with E-state index in [0.29, 0.717) is 0 Å². The van der Waals surface area contributed by atoms with E-state index in [1.807, 2.05) is 6.92 Å². The molecular weight excluding hydrogens is 302 g/mol. The minimum atomic E-state index is 0.0555. The summed E-state index contributed by atoms with van der Waals surface area (Å²) in [5.41, 5.74) is 7.17. The molecule has 1 nitrogen and oxygen atoms in total. The second-order valence-electron chi connectivity index (χ2n) is 3.50. The van der Waals surface area contributed by atoms with Crippen molar-refractivity contribution in [1.82, 2.24) is 0 Å². The van der Waals surface area contributed by atoms with E-state index in [0.717, 1.165) is 4.47 Å². The van der Waals surface area contributed by atoms with Crippen molar-refractivity contribution in [2.75, 3.05) is 0 Å². The zero-order valence-electron chi connectivity index (χ0n) is 8.81. The van der Waals surface area contributed by atoms with Gasteiger partial charge < -0.3 is 5.73 Å². The SMILES string of the molecule is CC(N)c1cc(Br)ccc1Sc1cccs1. The van der Waals surface area contributed by atoms with Crippen molar-refractivity contribution in [3.8, 4) is 0 Å². The molecule has 1 aromatic carbocycles. The molecule has 2 N–H and O–H groups in total. The van der Waals surface area contributed by atoms with E-state index in [9.17, 15) is 0 Å². The summed E-state index contributed by atoms with van der Waals surface area (Å²) < 4.78 is 2.37. The second kappa shape index (κ2) is 5.36. The molecule has 2 aromatic rings. The van der Waals surface area contributed by atoms with Gasteiger partial charge in [0.2, 0.25) is 0 Å². The van der Waals surface area contributed by atoms with Crippen LogP contribution >= 0.6 is 39.0 Å². The van der Waals surface area contributed by atoms with Gasteiger partial charge in [-0.2, -0.15) is 0 Å². The lowest BCUT2D eigenvalue weighted by Crippen LogP contribution is -2.06. The summed E-state index contributed by atoms with van der Waals surface area (Å²) >= 11 is 7.01. The molecule has 0 aliphatic carbocycles. The third-order valence-electron chi connectivity index (χ3n) is 2.17. The number of rotatable bonds is 3. The molecule has 0 radical (unpaired) electrons. The summed E-state index contributed by atoms with van der Waals surface area (Å²) in [6.07, 6.45) is 0. The molecule has 0 fully saturated rings. The number of benzene rings is 1. The predicted octanol–water partition coefficient (Wildman–Crippen LogP) is 4.68. The minimum Gasteiger partial charge on any atom is -0.324 e. The van der Waals surface area contributed by atoms with Crippen LogP contribution in [0, 0.1) is 0 Å². The molecule has 0 bridgehead atoms. The highest BCUT2D eigenvalue weighted by Crippen LogP contribution is 2.36. The van der Waals surface area contributed by atoms with Crippen molar-refractivity contribution in [1.29, 1.82) is 0 Å². The fourth-order valence-electron chi connectivity index (χ4n) is 1.40. The molecule has 0 amide bonds. The van der Waals surface area contributed by atoms with E-state index in [2.05, 4.69) is 51.6 Å². The Balaban J connectivity index is 2.33. The molecule has 0 saturated heterocycles. The summed E-state index contributed by atoms with van der Waals surface area (Å²) in [6.45, 7) is 2.01. The van der Waals surface area contributed by atoms with Crippen LogP contribution in [-0.2, 0) is 0 Å². The summed E-state index contributed by atoms with van der Waals surface area (Å²) in [5, 5.41) is 2.09. The number of hydrogen-bond acceptors (Lipinski definition) is 3. The molecule has 2 rings (SSSR count). The average molecular weight is 314 g/mol. The predicted molar refractivity (Wildman–Crippen MR) is 75.2 cm³/mol.